The molecule has 0 unspecified atom stereocenters. The van der Waals surface area contributed by atoms with E-state index < -0.39 is 0 Å². The molecule has 0 aliphatic carbocycles. The van der Waals surface area contributed by atoms with Gasteiger partial charge in [-0.3, -0.25) is 9.59 Å². The predicted molar refractivity (Wildman–Crippen MR) is 134 cm³/mol. The molecule has 0 radical (unpaired) electrons. The quantitative estimate of drug-likeness (QED) is 0.109. The summed E-state index contributed by atoms with van der Waals surface area (Å²) in [6.45, 7) is 4.50. The summed E-state index contributed by atoms with van der Waals surface area (Å²) in [5.41, 5.74) is 1.79. The Morgan fingerprint density at radius 2 is 1.25 bits per heavy atom. The second-order valence-corrected chi connectivity index (χ2v) is 9.26. The normalized spacial score (nSPS) is 11.1. The standard InChI is InChI=1S/C28H49NO3/c1-4-6-7-8-9-10-11-12-13-14-15-16-17-18-19-20-27(30)25-23-26(29(3)24-25)21-22-28(31)32-5-2/h23-24H,4-22H2,1-3H3. The Labute approximate surface area is 197 Å². The van der Waals surface area contributed by atoms with Crippen LogP contribution in [0, 0.1) is 0 Å². The van der Waals surface area contributed by atoms with Crippen molar-refractivity contribution in [2.24, 2.45) is 7.05 Å². The fourth-order valence-electron chi connectivity index (χ4n) is 4.28. The molecule has 1 heterocycles. The van der Waals surface area contributed by atoms with Crippen molar-refractivity contribution in [3.05, 3.63) is 23.5 Å². The maximum atomic E-state index is 12.5. The van der Waals surface area contributed by atoms with E-state index in [9.17, 15) is 9.59 Å². The van der Waals surface area contributed by atoms with Gasteiger partial charge in [0.1, 0.15) is 0 Å². The average molecular weight is 448 g/mol. The summed E-state index contributed by atoms with van der Waals surface area (Å²) in [7, 11) is 1.94. The van der Waals surface area contributed by atoms with Gasteiger partial charge in [0, 0.05) is 30.9 Å². The highest BCUT2D eigenvalue weighted by Gasteiger charge is 2.12. The lowest BCUT2D eigenvalue weighted by Crippen LogP contribution is -2.06. The Morgan fingerprint density at radius 3 is 1.75 bits per heavy atom. The molecular weight excluding hydrogens is 398 g/mol. The Hall–Kier alpha value is -1.58. The van der Waals surface area contributed by atoms with Crippen LogP contribution in [-0.4, -0.2) is 22.9 Å². The van der Waals surface area contributed by atoms with E-state index in [1.807, 2.05) is 30.8 Å². The first kappa shape index (κ1) is 28.5. The summed E-state index contributed by atoms with van der Waals surface area (Å²) in [6.07, 6.45) is 23.5. The van der Waals surface area contributed by atoms with E-state index >= 15 is 0 Å². The first-order chi connectivity index (χ1) is 15.6. The van der Waals surface area contributed by atoms with Crippen LogP contribution in [0.25, 0.3) is 0 Å². The summed E-state index contributed by atoms with van der Waals surface area (Å²) in [6, 6.07) is 1.94. The number of carbonyl (C=O) groups excluding carboxylic acids is 2. The first-order valence-electron chi connectivity index (χ1n) is 13.4. The number of rotatable bonds is 21. The molecule has 0 bridgehead atoms. The molecule has 0 aliphatic heterocycles. The van der Waals surface area contributed by atoms with Gasteiger partial charge in [0.15, 0.2) is 5.78 Å². The average Bonchev–Trinajstić information content (AvgIpc) is 3.15. The SMILES string of the molecule is CCCCCCCCCCCCCCCCCC(=O)c1cc(CCC(=O)OCC)n(C)c1. The molecule has 0 saturated heterocycles. The summed E-state index contributed by atoms with van der Waals surface area (Å²) < 4.78 is 6.94. The number of aromatic nitrogens is 1. The Morgan fingerprint density at radius 1 is 0.750 bits per heavy atom. The van der Waals surface area contributed by atoms with Gasteiger partial charge in [-0.15, -0.1) is 0 Å². The van der Waals surface area contributed by atoms with Gasteiger partial charge in [-0.1, -0.05) is 96.8 Å². The summed E-state index contributed by atoms with van der Waals surface area (Å²) in [4.78, 5) is 24.0. The van der Waals surface area contributed by atoms with Crippen LogP contribution in [0.2, 0.25) is 0 Å². The Bertz CT molecular complexity index is 620. The van der Waals surface area contributed by atoms with Gasteiger partial charge < -0.3 is 9.30 Å². The van der Waals surface area contributed by atoms with Crippen LogP contribution >= 0.6 is 0 Å². The number of hydrogen-bond donors (Lipinski definition) is 0. The van der Waals surface area contributed by atoms with Crippen LogP contribution in [0.5, 0.6) is 0 Å². The number of ketones is 1. The molecule has 1 rings (SSSR count). The van der Waals surface area contributed by atoms with E-state index in [4.69, 9.17) is 4.74 Å². The fraction of sp³-hybridized carbons (Fsp3) is 0.786. The van der Waals surface area contributed by atoms with Gasteiger partial charge in [-0.25, -0.2) is 0 Å². The highest BCUT2D eigenvalue weighted by molar-refractivity contribution is 5.96. The zero-order valence-corrected chi connectivity index (χ0v) is 21.3. The molecular formula is C28H49NO3. The van der Waals surface area contributed by atoms with Crippen LogP contribution in [0.3, 0.4) is 0 Å². The number of hydrogen-bond acceptors (Lipinski definition) is 3. The minimum absolute atomic E-state index is 0.181. The third kappa shape index (κ3) is 13.8. The molecule has 1 aromatic heterocycles. The van der Waals surface area contributed by atoms with Crippen LogP contribution in [0.15, 0.2) is 12.3 Å². The molecule has 0 aromatic carbocycles. The third-order valence-corrected chi connectivity index (χ3v) is 6.33. The molecule has 0 atom stereocenters. The zero-order valence-electron chi connectivity index (χ0n) is 21.3. The number of Topliss-reactive ketones (excluding diaryl/α,β-unsaturated/α-hetero) is 1. The molecule has 0 saturated carbocycles. The molecule has 0 aliphatic rings. The first-order valence-corrected chi connectivity index (χ1v) is 13.4. The molecule has 0 fully saturated rings. The highest BCUT2D eigenvalue weighted by Crippen LogP contribution is 2.16. The molecule has 4 nitrogen and oxygen atoms in total. The van der Waals surface area contributed by atoms with Gasteiger partial charge >= 0.3 is 5.97 Å². The molecule has 0 amide bonds. The number of ether oxygens (including phenoxy) is 1. The van der Waals surface area contributed by atoms with E-state index in [0.717, 1.165) is 24.1 Å². The van der Waals surface area contributed by atoms with Crippen LogP contribution in [0.1, 0.15) is 139 Å². The van der Waals surface area contributed by atoms with E-state index in [2.05, 4.69) is 6.92 Å². The predicted octanol–water partition coefficient (Wildman–Crippen LogP) is 7.97. The van der Waals surface area contributed by atoms with E-state index in [-0.39, 0.29) is 11.8 Å². The van der Waals surface area contributed by atoms with Crippen molar-refractivity contribution in [3.63, 3.8) is 0 Å². The van der Waals surface area contributed by atoms with Crippen molar-refractivity contribution in [2.75, 3.05) is 6.61 Å². The smallest absolute Gasteiger partial charge is 0.306 e. The summed E-state index contributed by atoms with van der Waals surface area (Å²) in [5, 5.41) is 0. The van der Waals surface area contributed by atoms with Gasteiger partial charge in [-0.2, -0.15) is 0 Å². The molecule has 0 N–H and O–H groups in total. The maximum Gasteiger partial charge on any atom is 0.306 e. The second kappa shape index (κ2) is 18.9. The minimum Gasteiger partial charge on any atom is -0.466 e. The monoisotopic (exact) mass is 447 g/mol. The number of unbranched alkanes of at least 4 members (excludes halogenated alkanes) is 14. The van der Waals surface area contributed by atoms with Crippen molar-refractivity contribution in [1.29, 1.82) is 0 Å². The van der Waals surface area contributed by atoms with Crippen molar-refractivity contribution in [3.8, 4) is 0 Å². The van der Waals surface area contributed by atoms with Crippen LogP contribution in [-0.2, 0) is 23.0 Å². The van der Waals surface area contributed by atoms with Crippen LogP contribution < -0.4 is 0 Å². The van der Waals surface area contributed by atoms with Crippen LogP contribution in [0.4, 0.5) is 0 Å². The number of esters is 1. The lowest BCUT2D eigenvalue weighted by molar-refractivity contribution is -0.143. The highest BCUT2D eigenvalue weighted by atomic mass is 16.5. The molecule has 32 heavy (non-hydrogen) atoms. The van der Waals surface area contributed by atoms with Crippen molar-refractivity contribution < 1.29 is 14.3 Å². The largest absolute Gasteiger partial charge is 0.466 e. The Kier molecular flexibility index (Phi) is 16.8. The summed E-state index contributed by atoms with van der Waals surface area (Å²) in [5.74, 6) is 0.0389. The van der Waals surface area contributed by atoms with Crippen molar-refractivity contribution in [2.45, 2.75) is 129 Å². The van der Waals surface area contributed by atoms with Gasteiger partial charge in [0.05, 0.1) is 13.0 Å². The lowest BCUT2D eigenvalue weighted by atomic mass is 10.0. The zero-order chi connectivity index (χ0) is 23.4. The third-order valence-electron chi connectivity index (χ3n) is 6.33. The Balaban J connectivity index is 2.00. The second-order valence-electron chi connectivity index (χ2n) is 9.26. The molecule has 4 heteroatoms. The molecule has 0 spiro atoms. The maximum absolute atomic E-state index is 12.5. The molecule has 1 aromatic rings. The van der Waals surface area contributed by atoms with E-state index in [1.165, 1.54) is 83.5 Å². The number of aryl methyl sites for hydroxylation is 2. The lowest BCUT2D eigenvalue weighted by Gasteiger charge is -2.03. The van der Waals surface area contributed by atoms with E-state index in [0.29, 0.717) is 25.9 Å². The van der Waals surface area contributed by atoms with Crippen molar-refractivity contribution >= 4 is 11.8 Å². The number of carbonyl (C=O) groups is 2. The van der Waals surface area contributed by atoms with Gasteiger partial charge in [-0.05, 0) is 25.8 Å². The summed E-state index contributed by atoms with van der Waals surface area (Å²) >= 11 is 0. The van der Waals surface area contributed by atoms with Gasteiger partial charge in [0.2, 0.25) is 0 Å². The fourth-order valence-corrected chi connectivity index (χ4v) is 4.28. The molecule has 184 valence electrons. The van der Waals surface area contributed by atoms with Gasteiger partial charge in [0.25, 0.3) is 0 Å². The van der Waals surface area contributed by atoms with E-state index in [1.54, 1.807) is 0 Å². The minimum atomic E-state index is -0.181. The topological polar surface area (TPSA) is 48.3 Å². The van der Waals surface area contributed by atoms with Crippen molar-refractivity contribution in [1.82, 2.24) is 4.57 Å². The number of nitrogens with zero attached hydrogens (tertiary/aromatic N) is 1.